The van der Waals surface area contributed by atoms with Crippen molar-refractivity contribution in [2.24, 2.45) is 0 Å². The number of carbonyl (C=O) groups is 1. The van der Waals surface area contributed by atoms with Crippen molar-refractivity contribution in [3.8, 4) is 0 Å². The lowest BCUT2D eigenvalue weighted by molar-refractivity contribution is 0.0998. The molecule has 0 saturated heterocycles. The minimum Gasteiger partial charge on any atom is -0.451 e. The predicted molar refractivity (Wildman–Crippen MR) is 122 cm³/mol. The van der Waals surface area contributed by atoms with Gasteiger partial charge in [-0.3, -0.25) is 4.79 Å². The Kier molecular flexibility index (Phi) is 4.79. The summed E-state index contributed by atoms with van der Waals surface area (Å²) in [5, 5.41) is 3.78. The van der Waals surface area contributed by atoms with E-state index in [0.29, 0.717) is 29.5 Å². The van der Waals surface area contributed by atoms with Gasteiger partial charge in [0.15, 0.2) is 17.2 Å². The fourth-order valence-corrected chi connectivity index (χ4v) is 3.59. The van der Waals surface area contributed by atoms with E-state index in [9.17, 15) is 4.79 Å². The molecule has 2 aromatic heterocycles. The van der Waals surface area contributed by atoms with Gasteiger partial charge >= 0.3 is 0 Å². The minimum atomic E-state index is -0.274. The Balaban J connectivity index is 1.28. The van der Waals surface area contributed by atoms with Gasteiger partial charge < -0.3 is 14.2 Å². The van der Waals surface area contributed by atoms with Crippen LogP contribution in [0.1, 0.15) is 47.3 Å². The number of furan rings is 1. The monoisotopic (exact) mass is 410 g/mol. The molecule has 0 aliphatic heterocycles. The van der Waals surface area contributed by atoms with E-state index in [4.69, 9.17) is 8.83 Å². The Morgan fingerprint density at radius 2 is 1.74 bits per heavy atom. The number of carbonyl (C=O) groups excluding carboxylic acids is 1. The molecule has 0 spiro atoms. The van der Waals surface area contributed by atoms with Crippen molar-refractivity contribution in [1.82, 2.24) is 4.98 Å². The summed E-state index contributed by atoms with van der Waals surface area (Å²) in [6.45, 7) is 4.33. The number of aromatic nitrogens is 1. The van der Waals surface area contributed by atoms with Gasteiger partial charge in [0.05, 0.1) is 0 Å². The van der Waals surface area contributed by atoms with Gasteiger partial charge in [-0.05, 0) is 53.4 Å². The first-order valence-electron chi connectivity index (χ1n) is 10.3. The number of nitrogens with zero attached hydrogens (tertiary/aromatic N) is 1. The molecule has 154 valence electrons. The van der Waals surface area contributed by atoms with Gasteiger partial charge in [0.25, 0.3) is 5.91 Å². The number of nitrogens with one attached hydrogen (secondary N) is 1. The summed E-state index contributed by atoms with van der Waals surface area (Å²) in [5.74, 6) is 1.14. The molecule has 3 aromatic carbocycles. The number of hydrogen-bond donors (Lipinski definition) is 1. The van der Waals surface area contributed by atoms with E-state index in [-0.39, 0.29) is 11.7 Å². The number of anilines is 1. The number of para-hydroxylation sites is 1. The minimum absolute atomic E-state index is 0.274. The maximum Gasteiger partial charge on any atom is 0.291 e. The zero-order valence-corrected chi connectivity index (χ0v) is 17.4. The number of amides is 1. The van der Waals surface area contributed by atoms with Crippen LogP contribution in [-0.2, 0) is 6.42 Å². The summed E-state index contributed by atoms with van der Waals surface area (Å²) in [5.41, 5.74) is 5.38. The molecule has 5 rings (SSSR count). The van der Waals surface area contributed by atoms with Crippen LogP contribution in [0.4, 0.5) is 5.69 Å². The molecule has 0 radical (unpaired) electrons. The van der Waals surface area contributed by atoms with Crippen LogP contribution in [0.5, 0.6) is 0 Å². The molecule has 0 fully saturated rings. The standard InChI is InChI=1S/C26H22N2O3/c1-16(2)18-9-12-23-21(14-18)28-25(31-23)13-17-7-10-20(11-8-17)27-26(29)24-15-19-5-3-4-6-22(19)30-24/h3-12,14-16H,13H2,1-2H3,(H,27,29). The van der Waals surface area contributed by atoms with Crippen LogP contribution < -0.4 is 5.32 Å². The smallest absolute Gasteiger partial charge is 0.291 e. The average Bonchev–Trinajstić information content (AvgIpc) is 3.38. The number of benzene rings is 3. The first kappa shape index (κ1) is 19.1. The van der Waals surface area contributed by atoms with Crippen molar-refractivity contribution in [3.63, 3.8) is 0 Å². The first-order chi connectivity index (χ1) is 15.0. The Morgan fingerprint density at radius 1 is 0.935 bits per heavy atom. The van der Waals surface area contributed by atoms with E-state index in [0.717, 1.165) is 22.0 Å². The fourth-order valence-electron chi connectivity index (χ4n) is 3.59. The SMILES string of the molecule is CC(C)c1ccc2oc(Cc3ccc(NC(=O)c4cc5ccccc5o4)cc3)nc2c1. The van der Waals surface area contributed by atoms with Crippen LogP contribution in [0.3, 0.4) is 0 Å². The lowest BCUT2D eigenvalue weighted by atomic mass is 10.0. The molecule has 0 saturated carbocycles. The highest BCUT2D eigenvalue weighted by atomic mass is 16.4. The first-order valence-corrected chi connectivity index (χ1v) is 10.3. The molecule has 5 nitrogen and oxygen atoms in total. The Labute approximate surface area is 179 Å². The van der Waals surface area contributed by atoms with Crippen molar-refractivity contribution in [2.75, 3.05) is 5.32 Å². The molecular formula is C26H22N2O3. The van der Waals surface area contributed by atoms with E-state index in [1.807, 2.05) is 54.6 Å². The van der Waals surface area contributed by atoms with E-state index in [1.54, 1.807) is 6.07 Å². The van der Waals surface area contributed by atoms with E-state index >= 15 is 0 Å². The second kappa shape index (κ2) is 7.76. The Hall–Kier alpha value is -3.86. The lowest BCUT2D eigenvalue weighted by Crippen LogP contribution is -2.10. The van der Waals surface area contributed by atoms with Crippen LogP contribution in [0.25, 0.3) is 22.1 Å². The zero-order valence-electron chi connectivity index (χ0n) is 17.4. The molecule has 31 heavy (non-hydrogen) atoms. The summed E-state index contributed by atoms with van der Waals surface area (Å²) in [7, 11) is 0. The largest absolute Gasteiger partial charge is 0.451 e. The predicted octanol–water partition coefficient (Wildman–Crippen LogP) is 6.54. The maximum absolute atomic E-state index is 12.5. The lowest BCUT2D eigenvalue weighted by Gasteiger charge is -2.04. The third-order valence-electron chi connectivity index (χ3n) is 5.34. The van der Waals surface area contributed by atoms with Gasteiger partial charge in [-0.1, -0.05) is 50.2 Å². The topological polar surface area (TPSA) is 68.3 Å². The molecule has 0 bridgehead atoms. The summed E-state index contributed by atoms with van der Waals surface area (Å²) in [6.07, 6.45) is 0.587. The van der Waals surface area contributed by atoms with Gasteiger partial charge in [-0.2, -0.15) is 0 Å². The highest BCUT2D eigenvalue weighted by molar-refractivity contribution is 6.04. The zero-order chi connectivity index (χ0) is 21.4. The molecule has 1 N–H and O–H groups in total. The van der Waals surface area contributed by atoms with Gasteiger partial charge in [-0.15, -0.1) is 0 Å². The van der Waals surface area contributed by atoms with Crippen LogP contribution in [0.15, 0.2) is 81.6 Å². The average molecular weight is 410 g/mol. The van der Waals surface area contributed by atoms with Crippen molar-refractivity contribution in [3.05, 3.63) is 95.6 Å². The molecule has 0 atom stereocenters. The van der Waals surface area contributed by atoms with Crippen molar-refractivity contribution < 1.29 is 13.6 Å². The second-order valence-corrected chi connectivity index (χ2v) is 7.97. The molecular weight excluding hydrogens is 388 g/mol. The van der Waals surface area contributed by atoms with Gasteiger partial charge in [0.2, 0.25) is 0 Å². The van der Waals surface area contributed by atoms with Crippen LogP contribution in [-0.4, -0.2) is 10.9 Å². The van der Waals surface area contributed by atoms with E-state index in [1.165, 1.54) is 5.56 Å². The molecule has 0 aliphatic rings. The molecule has 2 heterocycles. The van der Waals surface area contributed by atoms with Gasteiger partial charge in [-0.25, -0.2) is 4.98 Å². The van der Waals surface area contributed by atoms with Gasteiger partial charge in [0, 0.05) is 17.5 Å². The quantitative estimate of drug-likeness (QED) is 0.357. The van der Waals surface area contributed by atoms with Crippen LogP contribution in [0, 0.1) is 0 Å². The number of oxazole rings is 1. The van der Waals surface area contributed by atoms with Crippen molar-refractivity contribution in [2.45, 2.75) is 26.2 Å². The van der Waals surface area contributed by atoms with E-state index < -0.39 is 0 Å². The van der Waals surface area contributed by atoms with Crippen LogP contribution >= 0.6 is 0 Å². The highest BCUT2D eigenvalue weighted by Crippen LogP contribution is 2.24. The van der Waals surface area contributed by atoms with Gasteiger partial charge in [0.1, 0.15) is 11.1 Å². The summed E-state index contributed by atoms with van der Waals surface area (Å²) >= 11 is 0. The number of fused-ring (bicyclic) bond motifs is 2. The number of rotatable bonds is 5. The molecule has 5 aromatic rings. The Bertz CT molecular complexity index is 1340. The highest BCUT2D eigenvalue weighted by Gasteiger charge is 2.13. The number of hydrogen-bond acceptors (Lipinski definition) is 4. The molecule has 1 amide bonds. The summed E-state index contributed by atoms with van der Waals surface area (Å²) in [4.78, 5) is 17.1. The van der Waals surface area contributed by atoms with Crippen LogP contribution in [0.2, 0.25) is 0 Å². The third-order valence-corrected chi connectivity index (χ3v) is 5.34. The van der Waals surface area contributed by atoms with Crippen molar-refractivity contribution in [1.29, 1.82) is 0 Å². The second-order valence-electron chi connectivity index (χ2n) is 7.97. The Morgan fingerprint density at radius 3 is 2.52 bits per heavy atom. The summed E-state index contributed by atoms with van der Waals surface area (Å²) in [6, 6.07) is 23.1. The third kappa shape index (κ3) is 3.94. The summed E-state index contributed by atoms with van der Waals surface area (Å²) < 4.78 is 11.5. The molecule has 5 heteroatoms. The maximum atomic E-state index is 12.5. The fraction of sp³-hybridized carbons (Fsp3) is 0.154. The van der Waals surface area contributed by atoms with E-state index in [2.05, 4.69) is 36.3 Å². The van der Waals surface area contributed by atoms with Crippen molar-refractivity contribution >= 4 is 33.7 Å². The molecule has 0 aliphatic carbocycles. The normalized spacial score (nSPS) is 11.5. The molecule has 0 unspecified atom stereocenters.